The Bertz CT molecular complexity index is 427. The van der Waals surface area contributed by atoms with E-state index in [1.165, 1.54) is 0 Å². The average Bonchev–Trinajstić information content (AvgIpc) is 2.99. The first-order valence-electron chi connectivity index (χ1n) is 6.31. The van der Waals surface area contributed by atoms with Crippen molar-refractivity contribution in [2.45, 2.75) is 31.2 Å². The van der Waals surface area contributed by atoms with Gasteiger partial charge in [0.1, 0.15) is 5.82 Å². The van der Waals surface area contributed by atoms with Crippen LogP contribution in [0.2, 0.25) is 0 Å². The summed E-state index contributed by atoms with van der Waals surface area (Å²) in [5.41, 5.74) is -0.0889. The molecule has 2 N–H and O–H groups in total. The minimum Gasteiger partial charge on any atom is -0.379 e. The molecule has 1 atom stereocenters. The van der Waals surface area contributed by atoms with Crippen molar-refractivity contribution in [2.75, 3.05) is 26.3 Å². The Balaban J connectivity index is 1.90. The summed E-state index contributed by atoms with van der Waals surface area (Å²) in [5, 5.41) is 10.1. The van der Waals surface area contributed by atoms with E-state index in [9.17, 15) is 4.79 Å². The number of nitrogens with zero attached hydrogens (tertiary/aromatic N) is 2. The maximum Gasteiger partial charge on any atom is 0.343 e. The molecule has 0 aromatic carbocycles. The summed E-state index contributed by atoms with van der Waals surface area (Å²) >= 11 is 0. The van der Waals surface area contributed by atoms with E-state index in [0.29, 0.717) is 12.5 Å². The van der Waals surface area contributed by atoms with Crippen molar-refractivity contribution >= 4 is 0 Å². The summed E-state index contributed by atoms with van der Waals surface area (Å²) in [6, 6.07) is 0.172. The van der Waals surface area contributed by atoms with Gasteiger partial charge in [0, 0.05) is 12.5 Å². The molecule has 6 heteroatoms. The van der Waals surface area contributed by atoms with Crippen molar-refractivity contribution in [3.05, 3.63) is 16.3 Å². The Labute approximate surface area is 99.4 Å². The van der Waals surface area contributed by atoms with Crippen molar-refractivity contribution < 1.29 is 4.74 Å². The second-order valence-corrected chi connectivity index (χ2v) is 4.80. The van der Waals surface area contributed by atoms with E-state index in [-0.39, 0.29) is 11.7 Å². The van der Waals surface area contributed by atoms with Crippen LogP contribution in [-0.2, 0) is 4.74 Å². The molecule has 3 heterocycles. The lowest BCUT2D eigenvalue weighted by molar-refractivity contribution is 0.185. The zero-order valence-corrected chi connectivity index (χ0v) is 9.82. The molecule has 0 saturated carbocycles. The summed E-state index contributed by atoms with van der Waals surface area (Å²) in [5.74, 6) is 1.32. The highest BCUT2D eigenvalue weighted by molar-refractivity contribution is 5.01. The molecular weight excluding hydrogens is 220 g/mol. The van der Waals surface area contributed by atoms with Crippen molar-refractivity contribution in [3.63, 3.8) is 0 Å². The Hall–Kier alpha value is -1.14. The molecule has 0 aliphatic carbocycles. The van der Waals surface area contributed by atoms with Crippen LogP contribution >= 0.6 is 0 Å². The van der Waals surface area contributed by atoms with E-state index in [0.717, 1.165) is 44.8 Å². The van der Waals surface area contributed by atoms with Crippen molar-refractivity contribution in [3.8, 4) is 0 Å². The van der Waals surface area contributed by atoms with Gasteiger partial charge in [0.05, 0.1) is 12.6 Å². The summed E-state index contributed by atoms with van der Waals surface area (Å²) in [4.78, 5) is 11.8. The molecule has 6 nitrogen and oxygen atoms in total. The van der Waals surface area contributed by atoms with Crippen molar-refractivity contribution in [1.29, 1.82) is 0 Å². The van der Waals surface area contributed by atoms with Gasteiger partial charge in [-0.2, -0.15) is 5.10 Å². The van der Waals surface area contributed by atoms with Gasteiger partial charge in [-0.15, -0.1) is 0 Å². The van der Waals surface area contributed by atoms with E-state index < -0.39 is 0 Å². The van der Waals surface area contributed by atoms with Crippen molar-refractivity contribution in [1.82, 2.24) is 20.1 Å². The first-order valence-corrected chi connectivity index (χ1v) is 6.31. The van der Waals surface area contributed by atoms with Gasteiger partial charge >= 0.3 is 5.69 Å². The summed E-state index contributed by atoms with van der Waals surface area (Å²) in [6.07, 6.45) is 3.02. The predicted molar refractivity (Wildman–Crippen MR) is 62.2 cm³/mol. The number of piperidine rings is 1. The fourth-order valence-corrected chi connectivity index (χ4v) is 2.76. The molecule has 0 bridgehead atoms. The number of aromatic amines is 1. The first-order chi connectivity index (χ1) is 8.36. The maximum absolute atomic E-state index is 11.8. The summed E-state index contributed by atoms with van der Waals surface area (Å²) in [6.45, 7) is 3.39. The molecule has 3 rings (SSSR count). The largest absolute Gasteiger partial charge is 0.379 e. The molecule has 2 aliphatic rings. The molecular formula is C11H18N4O2. The molecule has 1 aromatic rings. The van der Waals surface area contributed by atoms with Gasteiger partial charge in [-0.1, -0.05) is 0 Å². The molecule has 0 radical (unpaired) electrons. The summed E-state index contributed by atoms with van der Waals surface area (Å²) in [7, 11) is 0. The Morgan fingerprint density at radius 2 is 2.12 bits per heavy atom. The van der Waals surface area contributed by atoms with E-state index in [2.05, 4.69) is 15.5 Å². The fourth-order valence-electron chi connectivity index (χ4n) is 2.76. The monoisotopic (exact) mass is 238 g/mol. The fraction of sp³-hybridized carbons (Fsp3) is 0.818. The highest BCUT2D eigenvalue weighted by atomic mass is 16.5. The van der Waals surface area contributed by atoms with Crippen LogP contribution in [0.15, 0.2) is 4.79 Å². The lowest BCUT2D eigenvalue weighted by Gasteiger charge is -2.23. The van der Waals surface area contributed by atoms with Gasteiger partial charge in [0.2, 0.25) is 0 Å². The molecule has 0 spiro atoms. The first kappa shape index (κ1) is 11.0. The van der Waals surface area contributed by atoms with E-state index in [4.69, 9.17) is 4.74 Å². The van der Waals surface area contributed by atoms with Gasteiger partial charge in [-0.05, 0) is 32.4 Å². The Kier molecular flexibility index (Phi) is 2.98. The number of H-pyrrole nitrogens is 1. The van der Waals surface area contributed by atoms with Gasteiger partial charge in [-0.3, -0.25) is 4.57 Å². The quantitative estimate of drug-likeness (QED) is 0.760. The summed E-state index contributed by atoms with van der Waals surface area (Å²) < 4.78 is 7.19. The minimum absolute atomic E-state index is 0.0889. The number of hydrogen-bond acceptors (Lipinski definition) is 4. The smallest absolute Gasteiger partial charge is 0.343 e. The van der Waals surface area contributed by atoms with Crippen LogP contribution in [0.1, 0.15) is 37.0 Å². The number of hydrogen-bond donors (Lipinski definition) is 2. The predicted octanol–water partition coefficient (Wildman–Crippen LogP) is -0.000200. The third-order valence-electron chi connectivity index (χ3n) is 3.71. The average molecular weight is 238 g/mol. The molecule has 17 heavy (non-hydrogen) atoms. The highest BCUT2D eigenvalue weighted by Crippen LogP contribution is 2.26. The molecule has 2 saturated heterocycles. The molecule has 2 aliphatic heterocycles. The third kappa shape index (κ3) is 2.02. The zero-order chi connectivity index (χ0) is 11.7. The molecule has 94 valence electrons. The van der Waals surface area contributed by atoms with E-state index >= 15 is 0 Å². The van der Waals surface area contributed by atoms with Crippen LogP contribution in [0.25, 0.3) is 0 Å². The van der Waals surface area contributed by atoms with Gasteiger partial charge in [0.25, 0.3) is 0 Å². The van der Waals surface area contributed by atoms with Gasteiger partial charge < -0.3 is 10.1 Å². The van der Waals surface area contributed by atoms with Gasteiger partial charge in [0.15, 0.2) is 0 Å². The van der Waals surface area contributed by atoms with E-state index in [1.54, 1.807) is 0 Å². The lowest BCUT2D eigenvalue weighted by Crippen LogP contribution is -2.31. The zero-order valence-electron chi connectivity index (χ0n) is 9.82. The number of aromatic nitrogens is 3. The van der Waals surface area contributed by atoms with Gasteiger partial charge in [-0.25, -0.2) is 9.89 Å². The highest BCUT2D eigenvalue weighted by Gasteiger charge is 2.27. The molecule has 1 unspecified atom stereocenters. The maximum atomic E-state index is 11.8. The second kappa shape index (κ2) is 4.62. The molecule has 0 amide bonds. The van der Waals surface area contributed by atoms with Crippen LogP contribution in [0.5, 0.6) is 0 Å². The lowest BCUT2D eigenvalue weighted by atomic mass is 9.97. The standard InChI is InChI=1S/C11H18N4O2/c16-11-14-13-10(8-1-4-12-5-2-8)15(11)9-3-6-17-7-9/h8-9,12H,1-7H2,(H,14,16). The molecule has 1 aromatic heterocycles. The second-order valence-electron chi connectivity index (χ2n) is 4.80. The SMILES string of the molecule is O=c1[nH]nc(C2CCNCC2)n1C1CCOC1. The van der Waals surface area contributed by atoms with Crippen LogP contribution < -0.4 is 11.0 Å². The number of rotatable bonds is 2. The van der Waals surface area contributed by atoms with Crippen molar-refractivity contribution in [2.24, 2.45) is 0 Å². The molecule has 2 fully saturated rings. The van der Waals surface area contributed by atoms with Crippen LogP contribution in [0.4, 0.5) is 0 Å². The Morgan fingerprint density at radius 3 is 2.82 bits per heavy atom. The number of ether oxygens (including phenoxy) is 1. The van der Waals surface area contributed by atoms with Crippen LogP contribution in [-0.4, -0.2) is 41.1 Å². The van der Waals surface area contributed by atoms with Crippen LogP contribution in [0, 0.1) is 0 Å². The third-order valence-corrected chi connectivity index (χ3v) is 3.71. The Morgan fingerprint density at radius 1 is 1.29 bits per heavy atom. The van der Waals surface area contributed by atoms with Crippen LogP contribution in [0.3, 0.4) is 0 Å². The number of nitrogens with one attached hydrogen (secondary N) is 2. The topological polar surface area (TPSA) is 71.9 Å². The van der Waals surface area contributed by atoms with E-state index in [1.807, 2.05) is 4.57 Å². The normalized spacial score (nSPS) is 26.5. The minimum atomic E-state index is -0.0889.